The highest BCUT2D eigenvalue weighted by molar-refractivity contribution is 5.41. The lowest BCUT2D eigenvalue weighted by Crippen LogP contribution is -2.69. The topological polar surface area (TPSA) is 0 Å². The molecule has 14 rings (SSSR count). The number of hydrogen-bond donors (Lipinski definition) is 0. The third-order valence-corrected chi connectivity index (χ3v) is 17.8. The van der Waals surface area contributed by atoms with Gasteiger partial charge in [0, 0.05) is 11.1 Å². The first-order valence-electron chi connectivity index (χ1n) is 19.4. The fraction of sp³-hybridized carbons (Fsp3) is 0.652. The Morgan fingerprint density at radius 3 is 0.978 bits per heavy atom. The normalized spacial score (nSPS) is 51.7. The highest BCUT2D eigenvalue weighted by atomic mass is 14.8. The molecular weight excluding hydrogens is 553 g/mol. The van der Waals surface area contributed by atoms with Crippen molar-refractivity contribution in [2.45, 2.75) is 126 Å². The van der Waals surface area contributed by atoms with E-state index in [2.05, 4.69) is 60.4 Å². The minimum Gasteiger partial charge on any atom is -0.115 e. The zero-order valence-electron chi connectivity index (χ0n) is 28.0. The Morgan fingerprint density at radius 1 is 0.391 bits per heavy atom. The van der Waals surface area contributed by atoms with Crippen LogP contribution in [0.25, 0.3) is 0 Å². The standard InChI is InChI=1S/C46H52/c1-3-31-5-9-39(10-6-31)41-16-33-13-34(17-41)21-43(20-33,28-41)45-24-37-15-38(25-45)27-46(26-37,30-45)44-22-35-14-36(23-44)19-42(18-35,29-44)40-11-7-32(4-2)8-12-40/h1-2,5-12,33-38H,13-30H2. The Hall–Kier alpha value is -2.44. The van der Waals surface area contributed by atoms with E-state index in [9.17, 15) is 0 Å². The Labute approximate surface area is 278 Å². The second kappa shape index (κ2) is 8.77. The van der Waals surface area contributed by atoms with E-state index >= 15 is 0 Å². The van der Waals surface area contributed by atoms with E-state index in [1.165, 1.54) is 51.4 Å². The van der Waals surface area contributed by atoms with Gasteiger partial charge in [-0.15, -0.1) is 12.8 Å². The molecule has 0 heteroatoms. The number of terminal acetylenes is 2. The van der Waals surface area contributed by atoms with Crippen LogP contribution in [-0.2, 0) is 10.8 Å². The van der Waals surface area contributed by atoms with Gasteiger partial charge in [-0.05, 0) is 219 Å². The highest BCUT2D eigenvalue weighted by Crippen LogP contribution is 2.83. The van der Waals surface area contributed by atoms with Crippen molar-refractivity contribution in [3.63, 3.8) is 0 Å². The van der Waals surface area contributed by atoms with Gasteiger partial charge in [-0.1, -0.05) is 36.1 Å². The Morgan fingerprint density at radius 2 is 0.674 bits per heavy atom. The molecule has 0 N–H and O–H groups in total. The lowest BCUT2D eigenvalue weighted by Gasteiger charge is -2.78. The van der Waals surface area contributed by atoms with Gasteiger partial charge in [0.25, 0.3) is 0 Å². The van der Waals surface area contributed by atoms with E-state index in [1.807, 2.05) is 0 Å². The van der Waals surface area contributed by atoms with Crippen molar-refractivity contribution in [1.82, 2.24) is 0 Å². The maximum absolute atomic E-state index is 5.81. The van der Waals surface area contributed by atoms with Gasteiger partial charge < -0.3 is 0 Å². The van der Waals surface area contributed by atoms with Crippen LogP contribution in [0.3, 0.4) is 0 Å². The van der Waals surface area contributed by atoms with Gasteiger partial charge in [0.15, 0.2) is 0 Å². The summed E-state index contributed by atoms with van der Waals surface area (Å²) in [5.41, 5.74) is 8.55. The molecule has 12 saturated carbocycles. The molecule has 0 aromatic heterocycles. The Bertz CT molecular complexity index is 1520. The third kappa shape index (κ3) is 3.41. The highest BCUT2D eigenvalue weighted by Gasteiger charge is 2.74. The lowest BCUT2D eigenvalue weighted by molar-refractivity contribution is -0.272. The first-order chi connectivity index (χ1) is 22.3. The molecule has 0 heterocycles. The lowest BCUT2D eigenvalue weighted by atomic mass is 9.26. The van der Waals surface area contributed by atoms with E-state index in [4.69, 9.17) is 12.8 Å². The molecule has 0 radical (unpaired) electrons. The molecule has 0 spiro atoms. The van der Waals surface area contributed by atoms with Crippen molar-refractivity contribution in [2.75, 3.05) is 0 Å². The molecule has 2 aromatic rings. The summed E-state index contributed by atoms with van der Waals surface area (Å²) in [6, 6.07) is 18.9. The van der Waals surface area contributed by atoms with Crippen LogP contribution in [-0.4, -0.2) is 0 Å². The molecule has 12 aliphatic rings. The monoisotopic (exact) mass is 604 g/mol. The molecular formula is C46H52. The maximum atomic E-state index is 5.81. The quantitative estimate of drug-likeness (QED) is 0.305. The fourth-order valence-corrected chi connectivity index (χ4v) is 17.8. The molecule has 12 bridgehead atoms. The molecule has 236 valence electrons. The minimum absolute atomic E-state index is 0.406. The summed E-state index contributed by atoms with van der Waals surface area (Å²) in [5, 5.41) is 0. The van der Waals surface area contributed by atoms with E-state index in [0.717, 1.165) is 46.6 Å². The van der Waals surface area contributed by atoms with Gasteiger partial charge in [-0.3, -0.25) is 0 Å². The maximum Gasteiger partial charge on any atom is 0.0242 e. The van der Waals surface area contributed by atoms with Crippen molar-refractivity contribution in [3.05, 3.63) is 70.8 Å². The summed E-state index contributed by atoms with van der Waals surface area (Å²) in [7, 11) is 0. The van der Waals surface area contributed by atoms with Crippen LogP contribution in [0.15, 0.2) is 48.5 Å². The number of hydrogen-bond acceptors (Lipinski definition) is 0. The van der Waals surface area contributed by atoms with Crippen LogP contribution in [0.1, 0.15) is 138 Å². The van der Waals surface area contributed by atoms with Gasteiger partial charge in [0.1, 0.15) is 0 Å². The predicted octanol–water partition coefficient (Wildman–Crippen LogP) is 10.6. The van der Waals surface area contributed by atoms with E-state index in [0.29, 0.717) is 32.5 Å². The van der Waals surface area contributed by atoms with Crippen LogP contribution in [0.2, 0.25) is 0 Å². The Kier molecular flexibility index (Phi) is 5.24. The van der Waals surface area contributed by atoms with Gasteiger partial charge in [0.05, 0.1) is 0 Å². The zero-order chi connectivity index (χ0) is 30.6. The van der Waals surface area contributed by atoms with Crippen molar-refractivity contribution in [2.24, 2.45) is 57.2 Å². The average molecular weight is 605 g/mol. The minimum atomic E-state index is 0.406. The van der Waals surface area contributed by atoms with Crippen LogP contribution >= 0.6 is 0 Å². The molecule has 4 unspecified atom stereocenters. The number of benzene rings is 2. The number of rotatable bonds is 4. The molecule has 0 amide bonds. The van der Waals surface area contributed by atoms with Gasteiger partial charge in [0.2, 0.25) is 0 Å². The molecule has 12 aliphatic carbocycles. The van der Waals surface area contributed by atoms with Crippen molar-refractivity contribution >= 4 is 0 Å². The molecule has 12 fully saturated rings. The van der Waals surface area contributed by atoms with Crippen molar-refractivity contribution in [1.29, 1.82) is 0 Å². The van der Waals surface area contributed by atoms with Crippen LogP contribution < -0.4 is 0 Å². The molecule has 2 aromatic carbocycles. The molecule has 4 atom stereocenters. The SMILES string of the molecule is C#Cc1ccc(C23CC4CC(C2)CC(C25CC6CC(C2)CC(C27CC8CC(CC(c9ccc(C#C)cc9)(C8)C2)C7)(C6)C5)(C4)C3)cc1. The first kappa shape index (κ1) is 27.5. The predicted molar refractivity (Wildman–Crippen MR) is 186 cm³/mol. The summed E-state index contributed by atoms with van der Waals surface area (Å²) in [5.74, 6) is 11.6. The summed E-state index contributed by atoms with van der Waals surface area (Å²) >= 11 is 0. The van der Waals surface area contributed by atoms with Gasteiger partial charge >= 0.3 is 0 Å². The average Bonchev–Trinajstić information content (AvgIpc) is 3.03. The molecule has 0 aliphatic heterocycles. The third-order valence-electron chi connectivity index (χ3n) is 17.8. The summed E-state index contributed by atoms with van der Waals surface area (Å²) in [6.07, 6.45) is 39.2. The summed E-state index contributed by atoms with van der Waals surface area (Å²) in [4.78, 5) is 0. The van der Waals surface area contributed by atoms with Gasteiger partial charge in [-0.25, -0.2) is 0 Å². The van der Waals surface area contributed by atoms with Crippen LogP contribution in [0.5, 0.6) is 0 Å². The zero-order valence-corrected chi connectivity index (χ0v) is 28.0. The molecule has 0 nitrogen and oxygen atoms in total. The molecule has 0 saturated heterocycles. The fourth-order valence-electron chi connectivity index (χ4n) is 17.8. The van der Waals surface area contributed by atoms with E-state index in [1.54, 1.807) is 75.3 Å². The summed E-state index contributed by atoms with van der Waals surface area (Å²) < 4.78 is 0. The first-order valence-corrected chi connectivity index (χ1v) is 19.4. The van der Waals surface area contributed by atoms with E-state index in [-0.39, 0.29) is 0 Å². The second-order valence-corrected chi connectivity index (χ2v) is 20.0. The van der Waals surface area contributed by atoms with Crippen LogP contribution in [0, 0.1) is 81.9 Å². The summed E-state index contributed by atoms with van der Waals surface area (Å²) in [6.45, 7) is 0. The van der Waals surface area contributed by atoms with Crippen molar-refractivity contribution in [3.8, 4) is 24.7 Å². The van der Waals surface area contributed by atoms with E-state index < -0.39 is 0 Å². The second-order valence-electron chi connectivity index (χ2n) is 20.0. The van der Waals surface area contributed by atoms with Crippen LogP contribution in [0.4, 0.5) is 0 Å². The molecule has 46 heavy (non-hydrogen) atoms. The van der Waals surface area contributed by atoms with Crippen molar-refractivity contribution < 1.29 is 0 Å². The van der Waals surface area contributed by atoms with Gasteiger partial charge in [-0.2, -0.15) is 0 Å². The Balaban J connectivity index is 0.998. The largest absolute Gasteiger partial charge is 0.115 e. The smallest absolute Gasteiger partial charge is 0.0242 e.